The molecule has 4 heteroatoms. The van der Waals surface area contributed by atoms with Crippen molar-refractivity contribution in [3.63, 3.8) is 0 Å². The highest BCUT2D eigenvalue weighted by atomic mass is 35.5. The summed E-state index contributed by atoms with van der Waals surface area (Å²) in [5.41, 5.74) is 5.47. The summed E-state index contributed by atoms with van der Waals surface area (Å²) in [5, 5.41) is 9.23. The lowest BCUT2D eigenvalue weighted by atomic mass is 10.3. The first-order valence-corrected chi connectivity index (χ1v) is 5.63. The van der Waals surface area contributed by atoms with Gasteiger partial charge in [0.25, 0.3) is 0 Å². The van der Waals surface area contributed by atoms with E-state index in [9.17, 15) is 0 Å². The fourth-order valence-corrected chi connectivity index (χ4v) is 2.19. The van der Waals surface area contributed by atoms with E-state index in [1.807, 2.05) is 30.3 Å². The Morgan fingerprint density at radius 1 is 1.50 bits per heavy atom. The Morgan fingerprint density at radius 3 is 2.86 bits per heavy atom. The highest BCUT2D eigenvalue weighted by Crippen LogP contribution is 2.26. The van der Waals surface area contributed by atoms with Gasteiger partial charge in [-0.2, -0.15) is 5.26 Å². The van der Waals surface area contributed by atoms with Gasteiger partial charge in [0.1, 0.15) is 0 Å². The number of rotatable bonds is 4. The predicted octanol–water partition coefficient (Wildman–Crippen LogP) is 2.67. The number of hydrogen-bond acceptors (Lipinski definition) is 3. The van der Waals surface area contributed by atoms with Gasteiger partial charge in [0.15, 0.2) is 0 Å². The lowest BCUT2D eigenvalue weighted by Crippen LogP contribution is -2.17. The molecule has 2 nitrogen and oxygen atoms in total. The van der Waals surface area contributed by atoms with Crippen molar-refractivity contribution in [2.75, 3.05) is 5.75 Å². The predicted molar refractivity (Wildman–Crippen MR) is 60.4 cm³/mol. The van der Waals surface area contributed by atoms with Crippen LogP contribution in [0.25, 0.3) is 0 Å². The van der Waals surface area contributed by atoms with E-state index in [2.05, 4.69) is 0 Å². The molecule has 0 aliphatic carbocycles. The fourth-order valence-electron chi connectivity index (χ4n) is 0.922. The number of halogens is 1. The van der Waals surface area contributed by atoms with E-state index in [1.165, 1.54) is 0 Å². The summed E-state index contributed by atoms with van der Waals surface area (Å²) in [4.78, 5) is 1.04. The number of hydrogen-bond donors (Lipinski definition) is 1. The van der Waals surface area contributed by atoms with Crippen LogP contribution in [-0.4, -0.2) is 11.8 Å². The van der Waals surface area contributed by atoms with Gasteiger partial charge in [0, 0.05) is 10.6 Å². The fraction of sp³-hybridized carbons (Fsp3) is 0.300. The molecule has 1 unspecified atom stereocenters. The average molecular weight is 227 g/mol. The third kappa shape index (κ3) is 3.59. The van der Waals surface area contributed by atoms with Crippen LogP contribution in [0, 0.1) is 11.3 Å². The monoisotopic (exact) mass is 226 g/mol. The SMILES string of the molecule is N#CC(N)CCSc1ccccc1Cl. The minimum Gasteiger partial charge on any atom is -0.316 e. The van der Waals surface area contributed by atoms with Crippen LogP contribution in [0.1, 0.15) is 6.42 Å². The van der Waals surface area contributed by atoms with Crippen molar-refractivity contribution in [1.29, 1.82) is 5.26 Å². The Bertz CT molecular complexity index is 335. The van der Waals surface area contributed by atoms with Crippen molar-refractivity contribution >= 4 is 23.4 Å². The van der Waals surface area contributed by atoms with Gasteiger partial charge in [-0.05, 0) is 18.6 Å². The van der Waals surface area contributed by atoms with Crippen LogP contribution in [0.4, 0.5) is 0 Å². The standard InChI is InChI=1S/C10H11ClN2S/c11-9-3-1-2-4-10(9)14-6-5-8(13)7-12/h1-4,8H,5-6,13H2. The lowest BCUT2D eigenvalue weighted by Gasteiger charge is -2.04. The quantitative estimate of drug-likeness (QED) is 0.804. The molecule has 0 saturated heterocycles. The van der Waals surface area contributed by atoms with E-state index in [0.29, 0.717) is 6.42 Å². The first-order valence-electron chi connectivity index (χ1n) is 4.26. The first-order chi connectivity index (χ1) is 6.74. The summed E-state index contributed by atoms with van der Waals surface area (Å²) < 4.78 is 0. The highest BCUT2D eigenvalue weighted by Gasteiger charge is 2.02. The molecule has 0 fully saturated rings. The third-order valence-corrected chi connectivity index (χ3v) is 3.24. The second-order valence-electron chi connectivity index (χ2n) is 2.80. The maximum absolute atomic E-state index is 8.48. The molecule has 74 valence electrons. The van der Waals surface area contributed by atoms with Crippen molar-refractivity contribution < 1.29 is 0 Å². The van der Waals surface area contributed by atoms with Crippen molar-refractivity contribution in [1.82, 2.24) is 0 Å². The van der Waals surface area contributed by atoms with Gasteiger partial charge < -0.3 is 5.73 Å². The number of nitrogens with zero attached hydrogens (tertiary/aromatic N) is 1. The van der Waals surface area contributed by atoms with Crippen LogP contribution in [0.2, 0.25) is 5.02 Å². The zero-order valence-corrected chi connectivity index (χ0v) is 9.18. The molecule has 0 aliphatic heterocycles. The lowest BCUT2D eigenvalue weighted by molar-refractivity contribution is 0.803. The molecule has 0 spiro atoms. The van der Waals surface area contributed by atoms with Crippen molar-refractivity contribution in [2.24, 2.45) is 5.73 Å². The minimum atomic E-state index is -0.370. The topological polar surface area (TPSA) is 49.8 Å². The van der Waals surface area contributed by atoms with Crippen LogP contribution in [0.3, 0.4) is 0 Å². The van der Waals surface area contributed by atoms with Gasteiger partial charge in [-0.25, -0.2) is 0 Å². The van der Waals surface area contributed by atoms with Gasteiger partial charge in [-0.3, -0.25) is 0 Å². The van der Waals surface area contributed by atoms with Gasteiger partial charge in [0.2, 0.25) is 0 Å². The third-order valence-electron chi connectivity index (χ3n) is 1.69. The molecule has 0 amide bonds. The molecule has 0 radical (unpaired) electrons. The smallest absolute Gasteiger partial charge is 0.0936 e. The van der Waals surface area contributed by atoms with E-state index < -0.39 is 0 Å². The van der Waals surface area contributed by atoms with Crippen LogP contribution in [-0.2, 0) is 0 Å². The molecule has 1 aromatic carbocycles. The Balaban J connectivity index is 2.40. The van der Waals surface area contributed by atoms with Crippen molar-refractivity contribution in [3.05, 3.63) is 29.3 Å². The van der Waals surface area contributed by atoms with Crippen LogP contribution >= 0.6 is 23.4 Å². The molecule has 0 bridgehead atoms. The molecule has 2 N–H and O–H groups in total. The summed E-state index contributed by atoms with van der Waals surface area (Å²) >= 11 is 7.58. The minimum absolute atomic E-state index is 0.370. The van der Waals surface area contributed by atoms with E-state index in [-0.39, 0.29) is 6.04 Å². The summed E-state index contributed by atoms with van der Waals surface area (Å²) in [7, 11) is 0. The zero-order valence-electron chi connectivity index (χ0n) is 7.61. The molecule has 0 aliphatic rings. The molecular formula is C10H11ClN2S. The van der Waals surface area contributed by atoms with E-state index in [1.54, 1.807) is 11.8 Å². The van der Waals surface area contributed by atoms with Crippen molar-refractivity contribution in [3.8, 4) is 6.07 Å². The van der Waals surface area contributed by atoms with Gasteiger partial charge >= 0.3 is 0 Å². The number of nitriles is 1. The van der Waals surface area contributed by atoms with Gasteiger partial charge in [0.05, 0.1) is 17.1 Å². The van der Waals surface area contributed by atoms with Crippen LogP contribution < -0.4 is 5.73 Å². The number of nitrogens with two attached hydrogens (primary N) is 1. The summed E-state index contributed by atoms with van der Waals surface area (Å²) in [5.74, 6) is 0.818. The molecule has 0 saturated carbocycles. The van der Waals surface area contributed by atoms with E-state index in [0.717, 1.165) is 15.7 Å². The Hall–Kier alpha value is -0.690. The molecule has 1 aromatic rings. The number of benzene rings is 1. The molecule has 0 aromatic heterocycles. The Kier molecular flexibility index (Phi) is 4.81. The maximum atomic E-state index is 8.48. The summed E-state index contributed by atoms with van der Waals surface area (Å²) in [6.07, 6.45) is 0.687. The van der Waals surface area contributed by atoms with Gasteiger partial charge in [-0.1, -0.05) is 23.7 Å². The Morgan fingerprint density at radius 2 is 2.21 bits per heavy atom. The normalized spacial score (nSPS) is 12.1. The first kappa shape index (κ1) is 11.4. The molecule has 0 heterocycles. The Labute approximate surface area is 93.1 Å². The molecule has 1 rings (SSSR count). The van der Waals surface area contributed by atoms with E-state index >= 15 is 0 Å². The molecule has 14 heavy (non-hydrogen) atoms. The number of thioether (sulfide) groups is 1. The van der Waals surface area contributed by atoms with Crippen LogP contribution in [0.15, 0.2) is 29.2 Å². The van der Waals surface area contributed by atoms with Crippen molar-refractivity contribution in [2.45, 2.75) is 17.4 Å². The molecular weight excluding hydrogens is 216 g/mol. The second-order valence-corrected chi connectivity index (χ2v) is 4.35. The average Bonchev–Trinajstić information content (AvgIpc) is 2.20. The van der Waals surface area contributed by atoms with Gasteiger partial charge in [-0.15, -0.1) is 11.8 Å². The van der Waals surface area contributed by atoms with E-state index in [4.69, 9.17) is 22.6 Å². The largest absolute Gasteiger partial charge is 0.316 e. The maximum Gasteiger partial charge on any atom is 0.0936 e. The highest BCUT2D eigenvalue weighted by molar-refractivity contribution is 7.99. The molecule has 1 atom stereocenters. The second kappa shape index (κ2) is 5.92. The summed E-state index contributed by atoms with van der Waals surface area (Å²) in [6, 6.07) is 9.28. The summed E-state index contributed by atoms with van der Waals surface area (Å²) in [6.45, 7) is 0. The van der Waals surface area contributed by atoms with Crippen LogP contribution in [0.5, 0.6) is 0 Å². The zero-order chi connectivity index (χ0) is 10.4.